The molecular formula is C10H12N6O. The standard InChI is InChI=1S/C10H12N6O/c1-11-2-4-15-6-13-7-8(17)14-10-12-3-5-16(10)9(7)15/h3,5-6,11H,2,4H2,1H3,(H,12,14,17). The van der Waals surface area contributed by atoms with Crippen molar-refractivity contribution >= 4 is 16.9 Å². The van der Waals surface area contributed by atoms with Crippen LogP contribution in [0.3, 0.4) is 0 Å². The van der Waals surface area contributed by atoms with Crippen molar-refractivity contribution in [3.8, 4) is 0 Å². The first-order valence-electron chi connectivity index (χ1n) is 5.36. The summed E-state index contributed by atoms with van der Waals surface area (Å²) in [5, 5.41) is 3.07. The van der Waals surface area contributed by atoms with Crippen LogP contribution in [-0.2, 0) is 6.54 Å². The van der Waals surface area contributed by atoms with Gasteiger partial charge in [-0.1, -0.05) is 0 Å². The molecule has 2 N–H and O–H groups in total. The first-order chi connectivity index (χ1) is 8.31. The Bertz CT molecular complexity index is 721. The molecule has 0 saturated carbocycles. The molecule has 0 aliphatic carbocycles. The van der Waals surface area contributed by atoms with E-state index < -0.39 is 0 Å². The monoisotopic (exact) mass is 232 g/mol. The van der Waals surface area contributed by atoms with Gasteiger partial charge in [-0.3, -0.25) is 14.2 Å². The minimum absolute atomic E-state index is 0.207. The van der Waals surface area contributed by atoms with Crippen molar-refractivity contribution in [1.82, 2.24) is 29.2 Å². The number of nitrogens with one attached hydrogen (secondary N) is 2. The topological polar surface area (TPSA) is 80.0 Å². The predicted octanol–water partition coefficient (Wildman–Crippen LogP) is -0.408. The zero-order valence-corrected chi connectivity index (χ0v) is 9.34. The van der Waals surface area contributed by atoms with Gasteiger partial charge in [0.1, 0.15) is 0 Å². The van der Waals surface area contributed by atoms with Gasteiger partial charge in [0.25, 0.3) is 5.56 Å². The molecule has 3 rings (SSSR count). The average molecular weight is 232 g/mol. The van der Waals surface area contributed by atoms with Gasteiger partial charge in [-0.05, 0) is 7.05 Å². The molecule has 0 radical (unpaired) electrons. The molecule has 0 aromatic carbocycles. The highest BCUT2D eigenvalue weighted by molar-refractivity contribution is 5.72. The van der Waals surface area contributed by atoms with Gasteiger partial charge in [0.2, 0.25) is 5.78 Å². The Balaban J connectivity index is 2.34. The minimum Gasteiger partial charge on any atom is -0.318 e. The number of aromatic amines is 1. The number of H-pyrrole nitrogens is 1. The maximum absolute atomic E-state index is 11.8. The second-order valence-electron chi connectivity index (χ2n) is 3.79. The number of hydrogen-bond donors (Lipinski definition) is 2. The largest absolute Gasteiger partial charge is 0.318 e. The van der Waals surface area contributed by atoms with Crippen molar-refractivity contribution in [1.29, 1.82) is 0 Å². The molecular weight excluding hydrogens is 220 g/mol. The van der Waals surface area contributed by atoms with Gasteiger partial charge in [-0.15, -0.1) is 0 Å². The molecule has 17 heavy (non-hydrogen) atoms. The second kappa shape index (κ2) is 3.70. The van der Waals surface area contributed by atoms with Gasteiger partial charge >= 0.3 is 0 Å². The van der Waals surface area contributed by atoms with Crippen LogP contribution in [0.5, 0.6) is 0 Å². The molecule has 0 spiro atoms. The number of fused-ring (bicyclic) bond motifs is 3. The predicted molar refractivity (Wildman–Crippen MR) is 63.0 cm³/mol. The van der Waals surface area contributed by atoms with Crippen molar-refractivity contribution in [2.45, 2.75) is 6.54 Å². The maximum Gasteiger partial charge on any atom is 0.280 e. The first-order valence-corrected chi connectivity index (χ1v) is 5.36. The van der Waals surface area contributed by atoms with Gasteiger partial charge in [-0.2, -0.15) is 0 Å². The van der Waals surface area contributed by atoms with Gasteiger partial charge in [0.05, 0.1) is 6.33 Å². The van der Waals surface area contributed by atoms with Crippen LogP contribution in [0.15, 0.2) is 23.5 Å². The molecule has 0 aliphatic heterocycles. The molecule has 0 amide bonds. The normalized spacial score (nSPS) is 11.6. The van der Waals surface area contributed by atoms with E-state index in [1.165, 1.54) is 0 Å². The van der Waals surface area contributed by atoms with Crippen LogP contribution in [0.1, 0.15) is 0 Å². The third-order valence-electron chi connectivity index (χ3n) is 2.72. The Morgan fingerprint density at radius 2 is 2.35 bits per heavy atom. The summed E-state index contributed by atoms with van der Waals surface area (Å²) in [5.41, 5.74) is 1.00. The van der Waals surface area contributed by atoms with Crippen molar-refractivity contribution in [3.05, 3.63) is 29.1 Å². The molecule has 0 bridgehead atoms. The third kappa shape index (κ3) is 1.43. The van der Waals surface area contributed by atoms with E-state index in [-0.39, 0.29) is 5.56 Å². The zero-order valence-electron chi connectivity index (χ0n) is 9.34. The van der Waals surface area contributed by atoms with Crippen LogP contribution in [-0.4, -0.2) is 37.5 Å². The first kappa shape index (κ1) is 10.0. The molecule has 0 aliphatic rings. The molecule has 3 heterocycles. The highest BCUT2D eigenvalue weighted by Crippen LogP contribution is 2.09. The number of aromatic nitrogens is 5. The zero-order chi connectivity index (χ0) is 11.8. The smallest absolute Gasteiger partial charge is 0.280 e. The Morgan fingerprint density at radius 1 is 1.47 bits per heavy atom. The van der Waals surface area contributed by atoms with Crippen LogP contribution in [0.25, 0.3) is 16.9 Å². The number of hydrogen-bond acceptors (Lipinski definition) is 4. The average Bonchev–Trinajstić information content (AvgIpc) is 2.91. The van der Waals surface area contributed by atoms with Gasteiger partial charge in [-0.25, -0.2) is 9.97 Å². The molecule has 3 aromatic heterocycles. The fourth-order valence-electron chi connectivity index (χ4n) is 1.91. The van der Waals surface area contributed by atoms with Crippen LogP contribution in [0, 0.1) is 0 Å². The fraction of sp³-hybridized carbons (Fsp3) is 0.300. The molecule has 0 saturated heterocycles. The molecule has 0 fully saturated rings. The molecule has 7 nitrogen and oxygen atoms in total. The van der Waals surface area contributed by atoms with Crippen molar-refractivity contribution in [2.75, 3.05) is 13.6 Å². The highest BCUT2D eigenvalue weighted by atomic mass is 16.1. The number of likely N-dealkylation sites (N-methyl/N-ethyl adjacent to an activating group) is 1. The second-order valence-corrected chi connectivity index (χ2v) is 3.79. The summed E-state index contributed by atoms with van der Waals surface area (Å²) in [6, 6.07) is 0. The van der Waals surface area contributed by atoms with E-state index in [0.29, 0.717) is 11.3 Å². The SMILES string of the molecule is CNCCn1cnc2c(=O)[nH]c3nccn3c21. The van der Waals surface area contributed by atoms with Gasteiger partial charge in [0.15, 0.2) is 11.2 Å². The third-order valence-corrected chi connectivity index (χ3v) is 2.72. The molecule has 0 unspecified atom stereocenters. The summed E-state index contributed by atoms with van der Waals surface area (Å²) < 4.78 is 3.77. The Kier molecular flexibility index (Phi) is 2.19. The lowest BCUT2D eigenvalue weighted by Gasteiger charge is -2.04. The van der Waals surface area contributed by atoms with Crippen LogP contribution >= 0.6 is 0 Å². The van der Waals surface area contributed by atoms with Crippen molar-refractivity contribution in [3.63, 3.8) is 0 Å². The summed E-state index contributed by atoms with van der Waals surface area (Å²) in [4.78, 5) is 22.7. The lowest BCUT2D eigenvalue weighted by atomic mass is 10.5. The molecule has 88 valence electrons. The molecule has 3 aromatic rings. The van der Waals surface area contributed by atoms with Crippen LogP contribution < -0.4 is 10.9 Å². The van der Waals surface area contributed by atoms with Gasteiger partial charge in [0, 0.05) is 25.5 Å². The van der Waals surface area contributed by atoms with Crippen LogP contribution in [0.2, 0.25) is 0 Å². The number of imidazole rings is 2. The number of nitrogens with zero attached hydrogens (tertiary/aromatic N) is 4. The Morgan fingerprint density at radius 3 is 3.18 bits per heavy atom. The van der Waals surface area contributed by atoms with E-state index in [4.69, 9.17) is 0 Å². The summed E-state index contributed by atoms with van der Waals surface area (Å²) in [6.07, 6.45) is 5.14. The summed E-state index contributed by atoms with van der Waals surface area (Å²) in [7, 11) is 1.89. The van der Waals surface area contributed by atoms with E-state index in [1.54, 1.807) is 12.5 Å². The fourth-order valence-corrected chi connectivity index (χ4v) is 1.91. The Hall–Kier alpha value is -2.15. The van der Waals surface area contributed by atoms with Crippen molar-refractivity contribution in [2.24, 2.45) is 0 Å². The number of rotatable bonds is 3. The molecule has 0 atom stereocenters. The van der Waals surface area contributed by atoms with E-state index >= 15 is 0 Å². The summed E-state index contributed by atoms with van der Waals surface area (Å²) in [5.74, 6) is 0.536. The molecule has 7 heteroatoms. The quantitative estimate of drug-likeness (QED) is 0.643. The van der Waals surface area contributed by atoms with E-state index in [9.17, 15) is 4.79 Å². The lowest BCUT2D eigenvalue weighted by Crippen LogP contribution is -2.16. The van der Waals surface area contributed by atoms with E-state index in [2.05, 4.69) is 20.3 Å². The van der Waals surface area contributed by atoms with E-state index in [0.717, 1.165) is 18.7 Å². The Labute approximate surface area is 96.1 Å². The van der Waals surface area contributed by atoms with Crippen molar-refractivity contribution < 1.29 is 0 Å². The summed E-state index contributed by atoms with van der Waals surface area (Å²) in [6.45, 7) is 1.57. The van der Waals surface area contributed by atoms with Gasteiger partial charge < -0.3 is 9.88 Å². The van der Waals surface area contributed by atoms with Crippen LogP contribution in [0.4, 0.5) is 0 Å². The highest BCUT2D eigenvalue weighted by Gasteiger charge is 2.10. The minimum atomic E-state index is -0.207. The lowest BCUT2D eigenvalue weighted by molar-refractivity contribution is 0.652. The maximum atomic E-state index is 11.8. The summed E-state index contributed by atoms with van der Waals surface area (Å²) >= 11 is 0. The van der Waals surface area contributed by atoms with E-state index in [1.807, 2.05) is 22.2 Å².